The number of pyridine rings is 1. The van der Waals surface area contributed by atoms with Crippen LogP contribution < -0.4 is 0 Å². The molecule has 0 aliphatic heterocycles. The van der Waals surface area contributed by atoms with Crippen LogP contribution in [0.2, 0.25) is 0 Å². The van der Waals surface area contributed by atoms with Gasteiger partial charge in [0.15, 0.2) is 5.78 Å². The Balaban J connectivity index is 2.00. The number of carboxylic acids is 1. The average Bonchev–Trinajstić information content (AvgIpc) is 2.97. The lowest BCUT2D eigenvalue weighted by molar-refractivity contribution is -0.136. The normalized spacial score (nSPS) is 10.7. The van der Waals surface area contributed by atoms with Gasteiger partial charge in [-0.3, -0.25) is 9.59 Å². The molecule has 0 aliphatic rings. The molecule has 1 N–H and O–H groups in total. The number of carbonyl (C=O) groups excluding carboxylic acids is 1. The van der Waals surface area contributed by atoms with Crippen LogP contribution in [0.15, 0.2) is 60.8 Å². The summed E-state index contributed by atoms with van der Waals surface area (Å²) >= 11 is 0. The summed E-state index contributed by atoms with van der Waals surface area (Å²) in [5.74, 6) is -1.12. The van der Waals surface area contributed by atoms with Crippen LogP contribution in [0, 0.1) is 0 Å². The van der Waals surface area contributed by atoms with Crippen molar-refractivity contribution in [1.29, 1.82) is 0 Å². The van der Waals surface area contributed by atoms with Crippen molar-refractivity contribution in [2.24, 2.45) is 0 Å². The van der Waals surface area contributed by atoms with E-state index in [0.29, 0.717) is 5.69 Å². The van der Waals surface area contributed by atoms with E-state index in [9.17, 15) is 9.59 Å². The van der Waals surface area contributed by atoms with E-state index < -0.39 is 5.97 Å². The van der Waals surface area contributed by atoms with E-state index in [4.69, 9.17) is 5.11 Å². The van der Waals surface area contributed by atoms with E-state index in [2.05, 4.69) is 0 Å². The number of Topliss-reactive ketones (excluding diaryl/α,β-unsaturated/α-hetero) is 1. The lowest BCUT2D eigenvalue weighted by Crippen LogP contribution is -2.07. The van der Waals surface area contributed by atoms with Gasteiger partial charge in [-0.25, -0.2) is 0 Å². The van der Waals surface area contributed by atoms with E-state index in [1.54, 1.807) is 6.07 Å². The molecule has 2 heterocycles. The maximum absolute atomic E-state index is 12.2. The van der Waals surface area contributed by atoms with Gasteiger partial charge in [-0.15, -0.1) is 0 Å². The highest BCUT2D eigenvalue weighted by atomic mass is 16.4. The molecule has 0 radical (unpaired) electrons. The Morgan fingerprint density at radius 3 is 2.41 bits per heavy atom. The van der Waals surface area contributed by atoms with Crippen molar-refractivity contribution in [3.05, 3.63) is 66.5 Å². The summed E-state index contributed by atoms with van der Waals surface area (Å²) in [6.07, 6.45) is 1.77. The number of rotatable bonds is 5. The van der Waals surface area contributed by atoms with Crippen LogP contribution in [0.1, 0.15) is 23.3 Å². The van der Waals surface area contributed by atoms with Crippen molar-refractivity contribution in [2.75, 3.05) is 0 Å². The van der Waals surface area contributed by atoms with Crippen molar-refractivity contribution in [3.63, 3.8) is 0 Å². The minimum Gasteiger partial charge on any atom is -0.481 e. The summed E-state index contributed by atoms with van der Waals surface area (Å²) in [5.41, 5.74) is 3.54. The van der Waals surface area contributed by atoms with E-state index in [1.165, 1.54) is 0 Å². The third kappa shape index (κ3) is 2.76. The number of carbonyl (C=O) groups is 2. The van der Waals surface area contributed by atoms with Gasteiger partial charge in [-0.2, -0.15) is 0 Å². The minimum atomic E-state index is -0.960. The first-order valence-corrected chi connectivity index (χ1v) is 7.07. The topological polar surface area (TPSA) is 58.8 Å². The molecule has 0 saturated heterocycles. The van der Waals surface area contributed by atoms with E-state index >= 15 is 0 Å². The fourth-order valence-electron chi connectivity index (χ4n) is 2.50. The maximum Gasteiger partial charge on any atom is 0.303 e. The molecule has 0 aliphatic carbocycles. The van der Waals surface area contributed by atoms with Crippen LogP contribution >= 0.6 is 0 Å². The van der Waals surface area contributed by atoms with Crippen LogP contribution in [-0.2, 0) is 4.79 Å². The van der Waals surface area contributed by atoms with Crippen LogP contribution in [0.3, 0.4) is 0 Å². The van der Waals surface area contributed by atoms with Gasteiger partial charge in [0.2, 0.25) is 0 Å². The lowest BCUT2D eigenvalue weighted by Gasteiger charge is -2.04. The lowest BCUT2D eigenvalue weighted by atomic mass is 10.1. The number of aliphatic carboxylic acids is 1. The second kappa shape index (κ2) is 5.85. The average molecular weight is 293 g/mol. The predicted octanol–water partition coefficient (Wildman–Crippen LogP) is 3.65. The molecule has 0 saturated carbocycles. The van der Waals surface area contributed by atoms with Gasteiger partial charge >= 0.3 is 5.97 Å². The Kier molecular flexibility index (Phi) is 3.74. The van der Waals surface area contributed by atoms with Gasteiger partial charge in [-0.05, 0) is 23.8 Å². The molecular weight excluding hydrogens is 278 g/mol. The molecule has 0 amide bonds. The number of fused-ring (bicyclic) bond motifs is 1. The SMILES string of the molecule is O=C(O)CCC(=O)c1cccc2cc(-c3ccccc3)cn12. The van der Waals surface area contributed by atoms with Crippen molar-refractivity contribution in [3.8, 4) is 11.1 Å². The number of hydrogen-bond acceptors (Lipinski definition) is 2. The zero-order valence-electron chi connectivity index (χ0n) is 11.9. The smallest absolute Gasteiger partial charge is 0.303 e. The van der Waals surface area contributed by atoms with E-state index in [-0.39, 0.29) is 18.6 Å². The van der Waals surface area contributed by atoms with Crippen LogP contribution in [0.4, 0.5) is 0 Å². The third-order valence-electron chi connectivity index (χ3n) is 3.59. The maximum atomic E-state index is 12.2. The number of carboxylic acid groups (broad SMARTS) is 1. The first kappa shape index (κ1) is 14.1. The summed E-state index contributed by atoms with van der Waals surface area (Å²) in [6, 6.07) is 17.4. The van der Waals surface area contributed by atoms with E-state index in [1.807, 2.05) is 59.1 Å². The van der Waals surface area contributed by atoms with E-state index in [0.717, 1.165) is 16.6 Å². The highest BCUT2D eigenvalue weighted by Crippen LogP contribution is 2.24. The van der Waals surface area contributed by atoms with Gasteiger partial charge in [0.25, 0.3) is 0 Å². The molecule has 22 heavy (non-hydrogen) atoms. The fourth-order valence-corrected chi connectivity index (χ4v) is 2.50. The molecule has 1 aromatic carbocycles. The van der Waals surface area contributed by atoms with Crippen LogP contribution in [0.5, 0.6) is 0 Å². The van der Waals surface area contributed by atoms with Gasteiger partial charge < -0.3 is 9.51 Å². The molecule has 0 atom stereocenters. The molecule has 0 unspecified atom stereocenters. The molecule has 3 rings (SSSR count). The molecule has 4 heteroatoms. The Bertz CT molecular complexity index is 834. The van der Waals surface area contributed by atoms with Gasteiger partial charge in [0.05, 0.1) is 12.1 Å². The van der Waals surface area contributed by atoms with Crippen LogP contribution in [0.25, 0.3) is 16.6 Å². The Morgan fingerprint density at radius 2 is 1.68 bits per heavy atom. The quantitative estimate of drug-likeness (QED) is 0.730. The van der Waals surface area contributed by atoms with Gasteiger partial charge in [-0.1, -0.05) is 36.4 Å². The summed E-state index contributed by atoms with van der Waals surface area (Å²) < 4.78 is 1.83. The third-order valence-corrected chi connectivity index (χ3v) is 3.59. The number of ketones is 1. The Morgan fingerprint density at radius 1 is 0.909 bits per heavy atom. The zero-order chi connectivity index (χ0) is 15.5. The summed E-state index contributed by atoms with van der Waals surface area (Å²) in [4.78, 5) is 22.9. The van der Waals surface area contributed by atoms with Crippen molar-refractivity contribution >= 4 is 17.3 Å². The number of nitrogens with zero attached hydrogens (tertiary/aromatic N) is 1. The molecule has 0 spiro atoms. The highest BCUT2D eigenvalue weighted by Gasteiger charge is 2.13. The summed E-state index contributed by atoms with van der Waals surface area (Å²) in [6.45, 7) is 0. The van der Waals surface area contributed by atoms with Crippen LogP contribution in [-0.4, -0.2) is 21.3 Å². The number of benzene rings is 1. The van der Waals surface area contributed by atoms with Crippen molar-refractivity contribution in [2.45, 2.75) is 12.8 Å². The van der Waals surface area contributed by atoms with Gasteiger partial charge in [0, 0.05) is 23.7 Å². The summed E-state index contributed by atoms with van der Waals surface area (Å²) in [7, 11) is 0. The standard InChI is InChI=1S/C18H15NO3/c20-17(9-10-18(21)22)16-8-4-7-15-11-14(12-19(15)16)13-5-2-1-3-6-13/h1-8,11-12H,9-10H2,(H,21,22). The zero-order valence-corrected chi connectivity index (χ0v) is 11.9. The Hall–Kier alpha value is -2.88. The number of hydrogen-bond donors (Lipinski definition) is 1. The summed E-state index contributed by atoms with van der Waals surface area (Å²) in [5, 5.41) is 8.72. The molecular formula is C18H15NO3. The molecule has 2 aromatic heterocycles. The first-order valence-electron chi connectivity index (χ1n) is 7.07. The Labute approximate surface area is 127 Å². The first-order chi connectivity index (χ1) is 10.6. The molecule has 110 valence electrons. The second-order valence-corrected chi connectivity index (χ2v) is 5.12. The molecule has 0 bridgehead atoms. The number of aromatic nitrogens is 1. The predicted molar refractivity (Wildman–Crippen MR) is 84.0 cm³/mol. The minimum absolute atomic E-state index is 0.00724. The fraction of sp³-hybridized carbons (Fsp3) is 0.111. The molecule has 0 fully saturated rings. The molecule has 4 nitrogen and oxygen atoms in total. The molecule has 3 aromatic rings. The second-order valence-electron chi connectivity index (χ2n) is 5.12. The largest absolute Gasteiger partial charge is 0.481 e. The highest BCUT2D eigenvalue weighted by molar-refractivity contribution is 5.97. The van der Waals surface area contributed by atoms with Gasteiger partial charge in [0.1, 0.15) is 0 Å². The monoisotopic (exact) mass is 293 g/mol. The van der Waals surface area contributed by atoms with Crippen molar-refractivity contribution < 1.29 is 14.7 Å². The van der Waals surface area contributed by atoms with Crippen molar-refractivity contribution in [1.82, 2.24) is 4.40 Å².